The van der Waals surface area contributed by atoms with E-state index in [4.69, 9.17) is 9.47 Å². The third-order valence-corrected chi connectivity index (χ3v) is 5.61. The van der Waals surface area contributed by atoms with Crippen molar-refractivity contribution in [1.82, 2.24) is 4.98 Å². The number of thiazole rings is 1. The molecule has 2 atom stereocenters. The fraction of sp³-hybridized carbons (Fsp3) is 0.292. The molecule has 0 saturated heterocycles. The molecule has 0 saturated carbocycles. The van der Waals surface area contributed by atoms with Crippen molar-refractivity contribution in [1.29, 1.82) is 0 Å². The Bertz CT molecular complexity index is 1000. The van der Waals surface area contributed by atoms with Crippen LogP contribution in [0, 0.1) is 0 Å². The van der Waals surface area contributed by atoms with Gasteiger partial charge in [0.1, 0.15) is 12.4 Å². The van der Waals surface area contributed by atoms with Crippen LogP contribution in [0.4, 0.5) is 5.69 Å². The minimum Gasteiger partial charge on any atom is -0.487 e. The Hall–Kier alpha value is -3.19. The predicted molar refractivity (Wildman–Crippen MR) is 122 cm³/mol. The summed E-state index contributed by atoms with van der Waals surface area (Å²) in [6, 6.07) is 14.3. The van der Waals surface area contributed by atoms with Crippen LogP contribution in [0.1, 0.15) is 54.7 Å². The fourth-order valence-electron chi connectivity index (χ4n) is 2.93. The molecule has 0 fully saturated rings. The Kier molecular flexibility index (Phi) is 7.78. The standard InChI is InChI=1S/C24H26N2O4S/c1-4-16(2)21-7-5-6-8-22(21)26-23(27)17(3)30-24(28)18-9-11-20(12-10-18)29-13-19-14-31-15-25-19/h5-12,14-17H,4,13H2,1-3H3,(H,26,27). The first-order valence-electron chi connectivity index (χ1n) is 10.2. The number of anilines is 1. The first-order valence-corrected chi connectivity index (χ1v) is 11.1. The molecule has 1 amide bonds. The number of amides is 1. The zero-order valence-corrected chi connectivity index (χ0v) is 18.6. The summed E-state index contributed by atoms with van der Waals surface area (Å²) in [6.07, 6.45) is 0.0269. The maximum Gasteiger partial charge on any atom is 0.338 e. The predicted octanol–water partition coefficient (Wildman–Crippen LogP) is 5.42. The Balaban J connectivity index is 1.55. The zero-order chi connectivity index (χ0) is 22.2. The second-order valence-electron chi connectivity index (χ2n) is 7.23. The number of hydrogen-bond acceptors (Lipinski definition) is 6. The van der Waals surface area contributed by atoms with Gasteiger partial charge < -0.3 is 14.8 Å². The largest absolute Gasteiger partial charge is 0.487 e. The van der Waals surface area contributed by atoms with Crippen molar-refractivity contribution >= 4 is 28.9 Å². The fourth-order valence-corrected chi connectivity index (χ4v) is 3.47. The highest BCUT2D eigenvalue weighted by Crippen LogP contribution is 2.26. The van der Waals surface area contributed by atoms with Gasteiger partial charge in [-0.3, -0.25) is 4.79 Å². The van der Waals surface area contributed by atoms with E-state index in [1.54, 1.807) is 36.7 Å². The van der Waals surface area contributed by atoms with Gasteiger partial charge in [-0.1, -0.05) is 32.0 Å². The highest BCUT2D eigenvalue weighted by atomic mass is 32.1. The number of para-hydroxylation sites is 1. The summed E-state index contributed by atoms with van der Waals surface area (Å²) >= 11 is 1.51. The molecular weight excluding hydrogens is 412 g/mol. The summed E-state index contributed by atoms with van der Waals surface area (Å²) in [5.74, 6) is -0.00108. The van der Waals surface area contributed by atoms with Crippen molar-refractivity contribution < 1.29 is 19.1 Å². The number of rotatable bonds is 9. The number of nitrogens with zero attached hydrogens (tertiary/aromatic N) is 1. The third-order valence-electron chi connectivity index (χ3n) is 4.98. The Morgan fingerprint density at radius 2 is 1.84 bits per heavy atom. The summed E-state index contributed by atoms with van der Waals surface area (Å²) < 4.78 is 11.0. The van der Waals surface area contributed by atoms with Gasteiger partial charge in [0.15, 0.2) is 6.10 Å². The van der Waals surface area contributed by atoms with Crippen molar-refractivity contribution in [2.75, 3.05) is 5.32 Å². The Morgan fingerprint density at radius 1 is 1.10 bits per heavy atom. The third kappa shape index (κ3) is 6.15. The quantitative estimate of drug-likeness (QED) is 0.451. The van der Waals surface area contributed by atoms with Crippen LogP contribution in [0.25, 0.3) is 0 Å². The second-order valence-corrected chi connectivity index (χ2v) is 7.94. The van der Waals surface area contributed by atoms with Gasteiger partial charge in [-0.25, -0.2) is 9.78 Å². The lowest BCUT2D eigenvalue weighted by Crippen LogP contribution is -2.30. The normalized spacial score (nSPS) is 12.6. The van der Waals surface area contributed by atoms with Crippen LogP contribution in [0.2, 0.25) is 0 Å². The SMILES string of the molecule is CCC(C)c1ccccc1NC(=O)C(C)OC(=O)c1ccc(OCc2cscn2)cc1. The summed E-state index contributed by atoms with van der Waals surface area (Å²) in [6.45, 7) is 6.13. The van der Waals surface area contributed by atoms with Crippen LogP contribution >= 0.6 is 11.3 Å². The molecule has 3 rings (SSSR count). The number of aromatic nitrogens is 1. The van der Waals surface area contributed by atoms with Gasteiger partial charge in [0.25, 0.3) is 5.91 Å². The molecule has 0 aliphatic rings. The van der Waals surface area contributed by atoms with Crippen LogP contribution in [-0.2, 0) is 16.1 Å². The number of esters is 1. The number of ether oxygens (including phenoxy) is 2. The van der Waals surface area contributed by atoms with Gasteiger partial charge in [0.2, 0.25) is 0 Å². The summed E-state index contributed by atoms with van der Waals surface area (Å²) in [5.41, 5.74) is 4.75. The smallest absolute Gasteiger partial charge is 0.338 e. The van der Waals surface area contributed by atoms with Crippen molar-refractivity contribution in [3.05, 3.63) is 76.2 Å². The van der Waals surface area contributed by atoms with Gasteiger partial charge in [-0.05, 0) is 55.2 Å². The number of benzene rings is 2. The van der Waals surface area contributed by atoms with Crippen molar-refractivity contribution in [2.45, 2.75) is 45.8 Å². The number of carbonyl (C=O) groups is 2. The van der Waals surface area contributed by atoms with Gasteiger partial charge in [0, 0.05) is 11.1 Å². The maximum atomic E-state index is 12.6. The summed E-state index contributed by atoms with van der Waals surface area (Å²) in [5, 5.41) is 4.80. The maximum absolute atomic E-state index is 12.6. The second kappa shape index (κ2) is 10.7. The molecule has 0 bridgehead atoms. The molecule has 31 heavy (non-hydrogen) atoms. The minimum atomic E-state index is -0.932. The molecule has 2 unspecified atom stereocenters. The van der Waals surface area contributed by atoms with E-state index in [0.717, 1.165) is 23.4 Å². The average Bonchev–Trinajstić information content (AvgIpc) is 3.31. The lowest BCUT2D eigenvalue weighted by atomic mass is 9.97. The van der Waals surface area contributed by atoms with E-state index in [2.05, 4.69) is 24.1 Å². The van der Waals surface area contributed by atoms with E-state index >= 15 is 0 Å². The Morgan fingerprint density at radius 3 is 2.52 bits per heavy atom. The highest BCUT2D eigenvalue weighted by Gasteiger charge is 2.20. The lowest BCUT2D eigenvalue weighted by molar-refractivity contribution is -0.123. The van der Waals surface area contributed by atoms with E-state index in [9.17, 15) is 9.59 Å². The molecule has 0 aliphatic heterocycles. The highest BCUT2D eigenvalue weighted by molar-refractivity contribution is 7.07. The molecule has 1 heterocycles. The number of nitrogens with one attached hydrogen (secondary N) is 1. The van der Waals surface area contributed by atoms with Gasteiger partial charge in [-0.2, -0.15) is 0 Å². The first kappa shape index (κ1) is 22.5. The molecule has 2 aromatic carbocycles. The zero-order valence-electron chi connectivity index (χ0n) is 17.8. The van der Waals surface area contributed by atoms with Crippen LogP contribution < -0.4 is 10.1 Å². The van der Waals surface area contributed by atoms with Gasteiger partial charge in [-0.15, -0.1) is 11.3 Å². The Labute approximate surface area is 186 Å². The van der Waals surface area contributed by atoms with Crippen LogP contribution in [-0.4, -0.2) is 23.0 Å². The van der Waals surface area contributed by atoms with Crippen LogP contribution in [0.5, 0.6) is 5.75 Å². The molecule has 7 heteroatoms. The van der Waals surface area contributed by atoms with E-state index in [0.29, 0.717) is 23.8 Å². The van der Waals surface area contributed by atoms with E-state index in [1.807, 2.05) is 29.6 Å². The summed E-state index contributed by atoms with van der Waals surface area (Å²) in [7, 11) is 0. The van der Waals surface area contributed by atoms with E-state index in [1.165, 1.54) is 11.3 Å². The lowest BCUT2D eigenvalue weighted by Gasteiger charge is -2.18. The van der Waals surface area contributed by atoms with Gasteiger partial charge >= 0.3 is 5.97 Å². The topological polar surface area (TPSA) is 77.5 Å². The monoisotopic (exact) mass is 438 g/mol. The molecule has 0 radical (unpaired) electrons. The molecule has 0 aliphatic carbocycles. The number of hydrogen-bond donors (Lipinski definition) is 1. The first-order chi connectivity index (χ1) is 15.0. The molecule has 6 nitrogen and oxygen atoms in total. The number of carbonyl (C=O) groups excluding carboxylic acids is 2. The molecule has 1 aromatic heterocycles. The van der Waals surface area contributed by atoms with Gasteiger partial charge in [0.05, 0.1) is 16.8 Å². The van der Waals surface area contributed by atoms with Crippen molar-refractivity contribution in [2.24, 2.45) is 0 Å². The van der Waals surface area contributed by atoms with Crippen molar-refractivity contribution in [3.63, 3.8) is 0 Å². The minimum absolute atomic E-state index is 0.311. The van der Waals surface area contributed by atoms with Crippen LogP contribution in [0.15, 0.2) is 59.4 Å². The molecule has 3 aromatic rings. The molecule has 0 spiro atoms. The van der Waals surface area contributed by atoms with E-state index < -0.39 is 12.1 Å². The molecule has 1 N–H and O–H groups in total. The van der Waals surface area contributed by atoms with E-state index in [-0.39, 0.29) is 5.91 Å². The molecular formula is C24H26N2O4S. The average molecular weight is 439 g/mol. The summed E-state index contributed by atoms with van der Waals surface area (Å²) in [4.78, 5) is 29.2. The van der Waals surface area contributed by atoms with Crippen LogP contribution in [0.3, 0.4) is 0 Å². The van der Waals surface area contributed by atoms with Crippen molar-refractivity contribution in [3.8, 4) is 5.75 Å². The molecule has 162 valence electrons.